The van der Waals surface area contributed by atoms with E-state index in [-0.39, 0.29) is 31.2 Å². The summed E-state index contributed by atoms with van der Waals surface area (Å²) in [7, 11) is -4.00. The maximum absolute atomic E-state index is 14.8. The summed E-state index contributed by atoms with van der Waals surface area (Å²) in [6, 6.07) is 5.35. The number of amides is 4. The van der Waals surface area contributed by atoms with Crippen LogP contribution in [0.5, 0.6) is 11.6 Å². The van der Waals surface area contributed by atoms with Crippen molar-refractivity contribution in [2.24, 2.45) is 17.8 Å². The van der Waals surface area contributed by atoms with Crippen LogP contribution in [-0.4, -0.2) is 89.3 Å². The molecule has 15 heteroatoms. The van der Waals surface area contributed by atoms with Crippen molar-refractivity contribution >= 4 is 44.6 Å². The maximum Gasteiger partial charge on any atom is 0.408 e. The van der Waals surface area contributed by atoms with E-state index < -0.39 is 73.8 Å². The number of carbonyl (C=O) groups is 4. The first kappa shape index (κ1) is 41.2. The number of hydrogen-bond donors (Lipinski definition) is 3. The van der Waals surface area contributed by atoms with Gasteiger partial charge in [-0.3, -0.25) is 19.1 Å². The third-order valence-corrected chi connectivity index (χ3v) is 13.5. The molecule has 3 N–H and O–H groups in total. The van der Waals surface area contributed by atoms with E-state index in [4.69, 9.17) is 14.2 Å². The highest BCUT2D eigenvalue weighted by Gasteiger charge is 2.63. The summed E-state index contributed by atoms with van der Waals surface area (Å²) in [4.78, 5) is 62.5. The molecule has 0 radical (unpaired) electrons. The fourth-order valence-electron chi connectivity index (χ4n) is 7.75. The third kappa shape index (κ3) is 8.92. The van der Waals surface area contributed by atoms with Crippen molar-refractivity contribution in [3.63, 3.8) is 0 Å². The van der Waals surface area contributed by atoms with Gasteiger partial charge in [0, 0.05) is 23.1 Å². The van der Waals surface area contributed by atoms with E-state index in [1.165, 1.54) is 4.90 Å². The van der Waals surface area contributed by atoms with Crippen LogP contribution in [0.15, 0.2) is 42.6 Å². The van der Waals surface area contributed by atoms with Crippen LogP contribution in [0.25, 0.3) is 10.8 Å². The van der Waals surface area contributed by atoms with Gasteiger partial charge in [-0.15, -0.1) is 0 Å². The lowest BCUT2D eigenvalue weighted by molar-refractivity contribution is -0.142. The van der Waals surface area contributed by atoms with Gasteiger partial charge in [-0.2, -0.15) is 0 Å². The van der Waals surface area contributed by atoms with Gasteiger partial charge < -0.3 is 29.7 Å². The van der Waals surface area contributed by atoms with Crippen LogP contribution in [0.4, 0.5) is 4.79 Å². The highest BCUT2D eigenvalue weighted by molar-refractivity contribution is 7.91. The van der Waals surface area contributed by atoms with Crippen molar-refractivity contribution < 1.29 is 41.8 Å². The van der Waals surface area contributed by atoms with Gasteiger partial charge in [0.05, 0.1) is 24.1 Å². The number of nitrogens with zero attached hydrogens (tertiary/aromatic N) is 2. The van der Waals surface area contributed by atoms with E-state index in [1.54, 1.807) is 33.9 Å². The molecule has 2 aromatic rings. The molecular formula is C41H57N5O9S. The Morgan fingerprint density at radius 3 is 2.48 bits per heavy atom. The molecule has 0 bridgehead atoms. The predicted octanol–water partition coefficient (Wildman–Crippen LogP) is 5.15. The molecule has 2 aliphatic heterocycles. The first-order valence-corrected chi connectivity index (χ1v) is 21.4. The largest absolute Gasteiger partial charge is 0.491 e. The van der Waals surface area contributed by atoms with Crippen LogP contribution >= 0.6 is 0 Å². The van der Waals surface area contributed by atoms with Gasteiger partial charge in [0.15, 0.2) is 0 Å². The van der Waals surface area contributed by atoms with Gasteiger partial charge in [0.25, 0.3) is 5.91 Å². The molecule has 56 heavy (non-hydrogen) atoms. The average Bonchev–Trinajstić information content (AvgIpc) is 4.01. The van der Waals surface area contributed by atoms with E-state index >= 15 is 0 Å². The van der Waals surface area contributed by atoms with Crippen molar-refractivity contribution in [2.45, 2.75) is 134 Å². The smallest absolute Gasteiger partial charge is 0.408 e. The Labute approximate surface area is 329 Å². The Morgan fingerprint density at radius 1 is 1.09 bits per heavy atom. The first-order valence-electron chi connectivity index (χ1n) is 19.9. The number of alkyl carbamates (subject to hydrolysis) is 1. The van der Waals surface area contributed by atoms with Gasteiger partial charge >= 0.3 is 6.09 Å². The van der Waals surface area contributed by atoms with Crippen molar-refractivity contribution in [1.82, 2.24) is 25.2 Å². The molecule has 4 aliphatic rings. The lowest BCUT2D eigenvalue weighted by Gasteiger charge is -2.33. The van der Waals surface area contributed by atoms with Crippen molar-refractivity contribution in [3.05, 3.63) is 42.6 Å². The number of carbonyl (C=O) groups excluding carboxylic acids is 4. The Balaban J connectivity index is 1.35. The summed E-state index contributed by atoms with van der Waals surface area (Å²) in [5.41, 5.74) is -2.35. The van der Waals surface area contributed by atoms with E-state index in [0.717, 1.165) is 18.2 Å². The van der Waals surface area contributed by atoms with Gasteiger partial charge in [-0.1, -0.05) is 51.1 Å². The quantitative estimate of drug-likeness (QED) is 0.287. The van der Waals surface area contributed by atoms with Gasteiger partial charge in [-0.25, -0.2) is 18.2 Å². The molecule has 1 saturated heterocycles. The zero-order chi connectivity index (χ0) is 40.6. The minimum absolute atomic E-state index is 0.0228. The summed E-state index contributed by atoms with van der Waals surface area (Å²) in [5.74, 6) is -1.64. The van der Waals surface area contributed by atoms with E-state index in [9.17, 15) is 27.6 Å². The minimum Gasteiger partial charge on any atom is -0.491 e. The summed E-state index contributed by atoms with van der Waals surface area (Å²) in [5, 5.41) is 7.23. The fraction of sp³-hybridized carbons (Fsp3) is 0.634. The van der Waals surface area contributed by atoms with Gasteiger partial charge in [0.1, 0.15) is 35.1 Å². The zero-order valence-corrected chi connectivity index (χ0v) is 34.4. The molecule has 1 aromatic heterocycles. The molecule has 3 heterocycles. The Bertz CT molecular complexity index is 1980. The Kier molecular flexibility index (Phi) is 11.7. The average molecular weight is 796 g/mol. The highest BCUT2D eigenvalue weighted by atomic mass is 32.2. The first-order chi connectivity index (χ1) is 26.4. The number of sulfonamides is 1. The molecule has 14 nitrogen and oxygen atoms in total. The second kappa shape index (κ2) is 15.9. The molecule has 4 amide bonds. The van der Waals surface area contributed by atoms with Crippen molar-refractivity contribution in [1.29, 1.82) is 0 Å². The molecule has 3 fully saturated rings. The van der Waals surface area contributed by atoms with Crippen molar-refractivity contribution in [3.8, 4) is 11.6 Å². The lowest BCUT2D eigenvalue weighted by Crippen LogP contribution is -2.59. The third-order valence-electron chi connectivity index (χ3n) is 11.4. The highest BCUT2D eigenvalue weighted by Crippen LogP contribution is 2.47. The van der Waals surface area contributed by atoms with E-state index in [0.29, 0.717) is 49.3 Å². The molecule has 7 unspecified atom stereocenters. The van der Waals surface area contributed by atoms with Gasteiger partial charge in [-0.05, 0) is 90.5 Å². The number of nitrogens with one attached hydrogen (secondary N) is 3. The molecule has 6 rings (SSSR count). The van der Waals surface area contributed by atoms with Crippen LogP contribution in [-0.2, 0) is 29.1 Å². The summed E-state index contributed by atoms with van der Waals surface area (Å²) < 4.78 is 45.7. The second-order valence-corrected chi connectivity index (χ2v) is 19.6. The molecular weight excluding hydrogens is 739 g/mol. The SMILES string of the molecule is CCCOc1cnc(OC2CC3C(=O)NC4(C(=O)NS(=O)(=O)C5(C)CC5)CC4C=CCCC(C)CC(C)C(NC(=O)OC(C)(C)C)C(=O)N3C2)c2ccccc12. The van der Waals surface area contributed by atoms with Crippen molar-refractivity contribution in [2.75, 3.05) is 13.2 Å². The standard InChI is InChI=1S/C41H57N5O9S/c1-8-19-53-32-23-42-35(30-16-12-11-15-29(30)32)54-28-21-31-34(47)44-41(37(49)45-56(51,52)40(7)17-18-40)22-27(41)14-10-9-13-25(2)20-26(3)33(36(48)46(31)24-28)43-38(50)55-39(4,5)6/h10-12,14-16,23,25-28,31,33H,8-9,13,17-22,24H2,1-7H3,(H,43,50)(H,44,47)(H,45,49). The number of fused-ring (bicyclic) bond motifs is 3. The fourth-order valence-corrected chi connectivity index (χ4v) is 9.06. The maximum atomic E-state index is 14.8. The lowest BCUT2D eigenvalue weighted by atomic mass is 9.88. The minimum atomic E-state index is -4.00. The number of pyridine rings is 1. The number of rotatable bonds is 9. The molecule has 306 valence electrons. The zero-order valence-electron chi connectivity index (χ0n) is 33.6. The van der Waals surface area contributed by atoms with E-state index in [1.807, 2.05) is 50.3 Å². The molecule has 2 aliphatic carbocycles. The number of aromatic nitrogens is 1. The monoisotopic (exact) mass is 795 g/mol. The number of hydrogen-bond acceptors (Lipinski definition) is 10. The number of benzene rings is 1. The summed E-state index contributed by atoms with van der Waals surface area (Å²) in [6.07, 6.45) is 7.95. The number of ether oxygens (including phenoxy) is 3. The van der Waals surface area contributed by atoms with Crippen LogP contribution < -0.4 is 24.8 Å². The number of allylic oxidation sites excluding steroid dienone is 1. The van der Waals surface area contributed by atoms with Gasteiger partial charge in [0.2, 0.25) is 27.7 Å². The summed E-state index contributed by atoms with van der Waals surface area (Å²) in [6.45, 7) is 13.3. The molecule has 0 spiro atoms. The van der Waals surface area contributed by atoms with Crippen LogP contribution in [0, 0.1) is 17.8 Å². The predicted molar refractivity (Wildman–Crippen MR) is 210 cm³/mol. The molecule has 2 saturated carbocycles. The Hall–Kier alpha value is -4.40. The van der Waals surface area contributed by atoms with Crippen LogP contribution in [0.1, 0.15) is 99.8 Å². The molecule has 7 atom stereocenters. The second-order valence-electron chi connectivity index (χ2n) is 17.4. The van der Waals surface area contributed by atoms with E-state index in [2.05, 4.69) is 27.3 Å². The molecule has 1 aromatic carbocycles. The Morgan fingerprint density at radius 2 is 1.80 bits per heavy atom. The normalized spacial score (nSPS) is 29.2. The summed E-state index contributed by atoms with van der Waals surface area (Å²) >= 11 is 0. The topological polar surface area (TPSA) is 182 Å². The van der Waals surface area contributed by atoms with Crippen LogP contribution in [0.3, 0.4) is 0 Å². The van der Waals surface area contributed by atoms with Crippen LogP contribution in [0.2, 0.25) is 0 Å².